The number of carbonyl (C=O) groups is 1. The minimum absolute atomic E-state index is 0.0913. The molecule has 140 valence electrons. The van der Waals surface area contributed by atoms with E-state index in [0.29, 0.717) is 5.02 Å². The highest BCUT2D eigenvalue weighted by molar-refractivity contribution is 6.31. The van der Waals surface area contributed by atoms with Crippen molar-refractivity contribution in [2.24, 2.45) is 0 Å². The van der Waals surface area contributed by atoms with Gasteiger partial charge in [0.25, 0.3) is 0 Å². The Balaban J connectivity index is 1.80. The van der Waals surface area contributed by atoms with Crippen LogP contribution in [0, 0.1) is 0 Å². The molecule has 5 nitrogen and oxygen atoms in total. The fourth-order valence-corrected chi connectivity index (χ4v) is 2.58. The third kappa shape index (κ3) is 5.52. The smallest absolute Gasteiger partial charge is 0.368 e. The molecule has 0 aliphatic heterocycles. The number of pyridine rings is 1. The molecule has 2 rings (SSSR count). The Morgan fingerprint density at radius 1 is 1.19 bits per heavy atom. The van der Waals surface area contributed by atoms with Gasteiger partial charge < -0.3 is 16.0 Å². The molecule has 9 heteroatoms. The van der Waals surface area contributed by atoms with E-state index in [4.69, 9.17) is 11.6 Å². The molecule has 3 N–H and O–H groups in total. The van der Waals surface area contributed by atoms with Crippen molar-refractivity contribution in [1.82, 2.24) is 15.6 Å². The molecule has 2 amide bonds. The standard InChI is InChI=1S/C17H18ClF3N4O/c1-11(12-5-2-3-7-14(12)18)25-16(26)24-10-9-23-15-13(17(19,20)21)6-4-8-22-15/h2-8,11H,9-10H2,1H3,(H,22,23)(H2,24,25,26). The number of urea groups is 1. The number of carbonyl (C=O) groups excluding carboxylic acids is 1. The van der Waals surface area contributed by atoms with Gasteiger partial charge in [-0.15, -0.1) is 0 Å². The van der Waals surface area contributed by atoms with Crippen LogP contribution in [0.5, 0.6) is 0 Å². The van der Waals surface area contributed by atoms with Crippen molar-refractivity contribution >= 4 is 23.4 Å². The fraction of sp³-hybridized carbons (Fsp3) is 0.294. The summed E-state index contributed by atoms with van der Waals surface area (Å²) in [6, 6.07) is 8.52. The molecule has 1 heterocycles. The topological polar surface area (TPSA) is 66.1 Å². The number of amides is 2. The van der Waals surface area contributed by atoms with Gasteiger partial charge in [-0.25, -0.2) is 9.78 Å². The molecule has 0 aliphatic carbocycles. The minimum Gasteiger partial charge on any atom is -0.368 e. The summed E-state index contributed by atoms with van der Waals surface area (Å²) in [5.41, 5.74) is -0.0810. The summed E-state index contributed by atoms with van der Waals surface area (Å²) in [6.07, 6.45) is -3.23. The zero-order chi connectivity index (χ0) is 19.2. The number of aromatic nitrogens is 1. The Kier molecular flexibility index (Phi) is 6.68. The van der Waals surface area contributed by atoms with Gasteiger partial charge >= 0.3 is 12.2 Å². The lowest BCUT2D eigenvalue weighted by Gasteiger charge is -2.17. The number of hydrogen-bond donors (Lipinski definition) is 3. The van der Waals surface area contributed by atoms with Gasteiger partial charge in [-0.3, -0.25) is 0 Å². The van der Waals surface area contributed by atoms with E-state index in [1.54, 1.807) is 25.1 Å². The van der Waals surface area contributed by atoms with Crippen LogP contribution in [0.4, 0.5) is 23.8 Å². The van der Waals surface area contributed by atoms with Gasteiger partial charge in [0.15, 0.2) is 0 Å². The van der Waals surface area contributed by atoms with E-state index in [0.717, 1.165) is 11.6 Å². The Morgan fingerprint density at radius 3 is 2.62 bits per heavy atom. The number of alkyl halides is 3. The molecule has 0 radical (unpaired) electrons. The second-order valence-electron chi connectivity index (χ2n) is 5.47. The molecule has 0 aliphatic rings. The normalized spacial score (nSPS) is 12.3. The largest absolute Gasteiger partial charge is 0.419 e. The highest BCUT2D eigenvalue weighted by atomic mass is 35.5. The lowest BCUT2D eigenvalue weighted by Crippen LogP contribution is -2.39. The maximum absolute atomic E-state index is 12.9. The van der Waals surface area contributed by atoms with Crippen LogP contribution < -0.4 is 16.0 Å². The minimum atomic E-state index is -4.49. The SMILES string of the molecule is CC(NC(=O)NCCNc1ncccc1C(F)(F)F)c1ccccc1Cl. The lowest BCUT2D eigenvalue weighted by molar-refractivity contribution is -0.137. The van der Waals surface area contributed by atoms with Crippen molar-refractivity contribution in [1.29, 1.82) is 0 Å². The van der Waals surface area contributed by atoms with Crippen molar-refractivity contribution < 1.29 is 18.0 Å². The molecule has 1 unspecified atom stereocenters. The van der Waals surface area contributed by atoms with E-state index < -0.39 is 17.8 Å². The van der Waals surface area contributed by atoms with E-state index in [-0.39, 0.29) is 24.9 Å². The van der Waals surface area contributed by atoms with Crippen molar-refractivity contribution in [3.05, 3.63) is 58.7 Å². The Hall–Kier alpha value is -2.48. The molecule has 1 aromatic heterocycles. The fourth-order valence-electron chi connectivity index (χ4n) is 2.28. The van der Waals surface area contributed by atoms with Gasteiger partial charge in [-0.05, 0) is 30.7 Å². The van der Waals surface area contributed by atoms with Crippen LogP contribution in [0.2, 0.25) is 5.02 Å². The summed E-state index contributed by atoms with van der Waals surface area (Å²) in [7, 11) is 0. The molecule has 0 saturated heterocycles. The van der Waals surface area contributed by atoms with E-state index >= 15 is 0 Å². The van der Waals surface area contributed by atoms with Crippen molar-refractivity contribution in [3.8, 4) is 0 Å². The van der Waals surface area contributed by atoms with Gasteiger partial charge in [0.05, 0.1) is 11.6 Å². The summed E-state index contributed by atoms with van der Waals surface area (Å²) in [5, 5.41) is 8.39. The second-order valence-corrected chi connectivity index (χ2v) is 5.87. The van der Waals surface area contributed by atoms with Gasteiger partial charge in [0.1, 0.15) is 5.82 Å². The average Bonchev–Trinajstić information content (AvgIpc) is 2.58. The number of anilines is 1. The molecule has 0 saturated carbocycles. The van der Waals surface area contributed by atoms with Gasteiger partial charge in [-0.1, -0.05) is 29.8 Å². The average molecular weight is 387 g/mol. The molecule has 1 atom stereocenters. The maximum Gasteiger partial charge on any atom is 0.419 e. The molecule has 0 fully saturated rings. The van der Waals surface area contributed by atoms with Crippen molar-refractivity contribution in [2.75, 3.05) is 18.4 Å². The number of nitrogens with zero attached hydrogens (tertiary/aromatic N) is 1. The molecule has 0 spiro atoms. The Bertz CT molecular complexity index is 755. The number of rotatable bonds is 6. The summed E-state index contributed by atoms with van der Waals surface area (Å²) in [5.74, 6) is -0.272. The number of halogens is 4. The zero-order valence-corrected chi connectivity index (χ0v) is 14.7. The van der Waals surface area contributed by atoms with Gasteiger partial charge in [0.2, 0.25) is 0 Å². The lowest BCUT2D eigenvalue weighted by atomic mass is 10.1. The predicted molar refractivity (Wildman–Crippen MR) is 94.1 cm³/mol. The highest BCUT2D eigenvalue weighted by Crippen LogP contribution is 2.33. The van der Waals surface area contributed by atoms with Crippen LogP contribution in [0.15, 0.2) is 42.6 Å². The van der Waals surface area contributed by atoms with E-state index in [1.165, 1.54) is 12.3 Å². The van der Waals surface area contributed by atoms with Crippen LogP contribution in [-0.4, -0.2) is 24.1 Å². The summed E-state index contributed by atoms with van der Waals surface area (Å²) < 4.78 is 38.6. The predicted octanol–water partition coefficient (Wildman–Crippen LogP) is 4.23. The van der Waals surface area contributed by atoms with E-state index in [2.05, 4.69) is 20.9 Å². The summed E-state index contributed by atoms with van der Waals surface area (Å²) in [4.78, 5) is 15.6. The molecule has 1 aromatic carbocycles. The van der Waals surface area contributed by atoms with Crippen LogP contribution in [0.3, 0.4) is 0 Å². The van der Waals surface area contributed by atoms with Gasteiger partial charge in [0, 0.05) is 24.3 Å². The molecule has 26 heavy (non-hydrogen) atoms. The van der Waals surface area contributed by atoms with E-state index in [9.17, 15) is 18.0 Å². The zero-order valence-electron chi connectivity index (χ0n) is 13.9. The monoisotopic (exact) mass is 386 g/mol. The number of nitrogens with one attached hydrogen (secondary N) is 3. The first kappa shape index (κ1) is 19.8. The van der Waals surface area contributed by atoms with E-state index in [1.807, 2.05) is 6.07 Å². The first-order valence-electron chi connectivity index (χ1n) is 7.84. The third-order valence-corrected chi connectivity index (χ3v) is 3.88. The van der Waals surface area contributed by atoms with Crippen LogP contribution >= 0.6 is 11.6 Å². The van der Waals surface area contributed by atoms with Crippen LogP contribution in [-0.2, 0) is 6.18 Å². The number of hydrogen-bond acceptors (Lipinski definition) is 3. The van der Waals surface area contributed by atoms with Crippen molar-refractivity contribution in [3.63, 3.8) is 0 Å². The summed E-state index contributed by atoms with van der Waals surface area (Å²) in [6.45, 7) is 1.99. The Labute approximate surface area is 154 Å². The van der Waals surface area contributed by atoms with Gasteiger partial charge in [-0.2, -0.15) is 13.2 Å². The third-order valence-electron chi connectivity index (χ3n) is 3.54. The molecular weight excluding hydrogens is 369 g/mol. The summed E-state index contributed by atoms with van der Waals surface area (Å²) >= 11 is 6.07. The maximum atomic E-state index is 12.9. The molecular formula is C17H18ClF3N4O. The van der Waals surface area contributed by atoms with Crippen molar-refractivity contribution in [2.45, 2.75) is 19.1 Å². The first-order valence-corrected chi connectivity index (χ1v) is 8.21. The Morgan fingerprint density at radius 2 is 1.92 bits per heavy atom. The first-order chi connectivity index (χ1) is 12.3. The van der Waals surface area contributed by atoms with Crippen LogP contribution in [0.25, 0.3) is 0 Å². The van der Waals surface area contributed by atoms with Crippen LogP contribution in [0.1, 0.15) is 24.1 Å². The molecule has 2 aromatic rings. The molecule has 0 bridgehead atoms. The second kappa shape index (κ2) is 8.75. The number of benzene rings is 1. The highest BCUT2D eigenvalue weighted by Gasteiger charge is 2.33. The quantitative estimate of drug-likeness (QED) is 0.651.